The molecule has 0 rings (SSSR count). The maximum atomic E-state index is 9.24. The summed E-state index contributed by atoms with van der Waals surface area (Å²) < 4.78 is 0. The van der Waals surface area contributed by atoms with E-state index in [1.54, 1.807) is 0 Å². The molecule has 0 heterocycles. The summed E-state index contributed by atoms with van der Waals surface area (Å²) in [6, 6.07) is 0. The first kappa shape index (κ1) is 8.40. The zero-order valence-electron chi connectivity index (χ0n) is 4.09. The van der Waals surface area contributed by atoms with Crippen LogP contribution < -0.4 is 0 Å². The van der Waals surface area contributed by atoms with Crippen molar-refractivity contribution in [2.75, 3.05) is 0 Å². The van der Waals surface area contributed by atoms with E-state index >= 15 is 0 Å². The lowest BCUT2D eigenvalue weighted by atomic mass is 10.4. The van der Waals surface area contributed by atoms with Crippen LogP contribution in [-0.4, -0.2) is 37.4 Å². The van der Waals surface area contributed by atoms with Gasteiger partial charge in [0.2, 0.25) is 0 Å². The predicted octanol–water partition coefficient (Wildman–Crippen LogP) is -2.98. The molecule has 0 atom stereocenters. The van der Waals surface area contributed by atoms with Crippen molar-refractivity contribution >= 4 is 0 Å². The molecular weight excluding hydrogens is 134 g/mol. The molecule has 0 aliphatic carbocycles. The van der Waals surface area contributed by atoms with Crippen molar-refractivity contribution in [3.8, 4) is 0 Å². The third kappa shape index (κ3) is 1.66. The van der Waals surface area contributed by atoms with Crippen LogP contribution in [0.15, 0.2) is 5.18 Å². The van der Waals surface area contributed by atoms with E-state index in [-0.39, 0.29) is 0 Å². The Kier molecular flexibility index (Phi) is 1.84. The summed E-state index contributed by atoms with van der Waals surface area (Å²) in [7, 11) is 0. The van der Waals surface area contributed by atoms with Crippen LogP contribution in [0, 0.1) is 4.91 Å². The highest BCUT2D eigenvalue weighted by Gasteiger charge is 2.48. The SMILES string of the molecule is O=NC(O)(O)C(O)(O)O. The smallest absolute Gasteiger partial charge is 0.339 e. The number of nitroso groups, excluding NO2 is 1. The molecule has 0 aromatic heterocycles. The molecule has 9 heavy (non-hydrogen) atoms. The standard InChI is InChI=1S/C2H5NO6/c4-1(5,3-9)2(6,7)8/h4-8H. The average molecular weight is 139 g/mol. The zero-order chi connectivity index (χ0) is 7.71. The number of rotatable bonds is 2. The van der Waals surface area contributed by atoms with Crippen LogP contribution in [0.4, 0.5) is 0 Å². The first-order valence-electron chi connectivity index (χ1n) is 1.77. The monoisotopic (exact) mass is 139 g/mol. The van der Waals surface area contributed by atoms with E-state index in [2.05, 4.69) is 0 Å². The van der Waals surface area contributed by atoms with E-state index in [4.69, 9.17) is 25.5 Å². The second-order valence-electron chi connectivity index (χ2n) is 1.36. The highest BCUT2D eigenvalue weighted by Crippen LogP contribution is 2.13. The first-order valence-corrected chi connectivity index (χ1v) is 1.77. The van der Waals surface area contributed by atoms with E-state index < -0.39 is 11.9 Å². The molecule has 0 saturated heterocycles. The largest absolute Gasteiger partial charge is 0.387 e. The minimum Gasteiger partial charge on any atom is -0.339 e. The molecule has 0 aliphatic rings. The fourth-order valence-corrected chi connectivity index (χ4v) is 0.0612. The highest BCUT2D eigenvalue weighted by atomic mass is 16.7. The molecule has 0 amide bonds. The molecule has 0 aromatic carbocycles. The second kappa shape index (κ2) is 1.97. The first-order chi connectivity index (χ1) is 3.81. The van der Waals surface area contributed by atoms with E-state index in [9.17, 15) is 4.91 Å². The summed E-state index contributed by atoms with van der Waals surface area (Å²) >= 11 is 0. The second-order valence-corrected chi connectivity index (χ2v) is 1.36. The van der Waals surface area contributed by atoms with Gasteiger partial charge in [0.15, 0.2) is 0 Å². The molecule has 5 N–H and O–H groups in total. The van der Waals surface area contributed by atoms with E-state index in [1.165, 1.54) is 5.18 Å². The summed E-state index contributed by atoms with van der Waals surface area (Å²) in [4.78, 5) is 9.24. The fraction of sp³-hybridized carbons (Fsp3) is 1.00. The fourth-order valence-electron chi connectivity index (χ4n) is 0.0612. The van der Waals surface area contributed by atoms with Gasteiger partial charge in [0.25, 0.3) is 0 Å². The van der Waals surface area contributed by atoms with Crippen LogP contribution in [0.25, 0.3) is 0 Å². The third-order valence-electron chi connectivity index (χ3n) is 0.577. The Morgan fingerprint density at radius 3 is 1.33 bits per heavy atom. The van der Waals surface area contributed by atoms with E-state index in [1.807, 2.05) is 0 Å². The predicted molar refractivity (Wildman–Crippen MR) is 22.4 cm³/mol. The number of hydrogen-bond acceptors (Lipinski definition) is 7. The Morgan fingerprint density at radius 2 is 1.33 bits per heavy atom. The van der Waals surface area contributed by atoms with Gasteiger partial charge >= 0.3 is 11.9 Å². The van der Waals surface area contributed by atoms with Crippen LogP contribution >= 0.6 is 0 Å². The molecule has 0 unspecified atom stereocenters. The molecule has 0 aliphatic heterocycles. The van der Waals surface area contributed by atoms with Gasteiger partial charge in [-0.25, -0.2) is 0 Å². The zero-order valence-corrected chi connectivity index (χ0v) is 4.09. The molecule has 0 bridgehead atoms. The van der Waals surface area contributed by atoms with E-state index in [0.29, 0.717) is 0 Å². The summed E-state index contributed by atoms with van der Waals surface area (Å²) in [5, 5.41) is 41.0. The molecule has 7 heteroatoms. The lowest BCUT2D eigenvalue weighted by molar-refractivity contribution is -0.443. The normalized spacial score (nSPS) is 13.4. The Hall–Kier alpha value is -0.600. The molecule has 0 saturated carbocycles. The summed E-state index contributed by atoms with van der Waals surface area (Å²) in [5.74, 6) is -7.71. The Balaban J connectivity index is 4.32. The molecular formula is C2H5NO6. The van der Waals surface area contributed by atoms with Gasteiger partial charge in [-0.3, -0.25) is 0 Å². The van der Waals surface area contributed by atoms with Crippen molar-refractivity contribution in [2.45, 2.75) is 11.9 Å². The van der Waals surface area contributed by atoms with Crippen molar-refractivity contribution in [1.29, 1.82) is 0 Å². The third-order valence-corrected chi connectivity index (χ3v) is 0.577. The molecule has 0 fully saturated rings. The van der Waals surface area contributed by atoms with Crippen molar-refractivity contribution in [3.63, 3.8) is 0 Å². The van der Waals surface area contributed by atoms with Gasteiger partial charge in [0, 0.05) is 5.18 Å². The van der Waals surface area contributed by atoms with Crippen LogP contribution in [0.3, 0.4) is 0 Å². The average Bonchev–Trinajstić information content (AvgIpc) is 1.64. The maximum Gasteiger partial charge on any atom is 0.387 e. The van der Waals surface area contributed by atoms with Crippen molar-refractivity contribution in [3.05, 3.63) is 4.91 Å². The molecule has 0 spiro atoms. The Labute approximate surface area is 48.8 Å². The molecule has 0 radical (unpaired) electrons. The molecule has 0 aromatic rings. The maximum absolute atomic E-state index is 9.24. The minimum atomic E-state index is -3.92. The van der Waals surface area contributed by atoms with Crippen LogP contribution in [-0.2, 0) is 0 Å². The van der Waals surface area contributed by atoms with Crippen molar-refractivity contribution in [2.24, 2.45) is 5.18 Å². The number of aliphatic hydroxyl groups is 5. The Bertz CT molecular complexity index is 113. The van der Waals surface area contributed by atoms with Gasteiger partial charge in [-0.05, 0) is 0 Å². The van der Waals surface area contributed by atoms with Gasteiger partial charge in [-0.1, -0.05) is 0 Å². The molecule has 54 valence electrons. The van der Waals surface area contributed by atoms with Gasteiger partial charge in [-0.15, -0.1) is 4.91 Å². The lowest BCUT2D eigenvalue weighted by Gasteiger charge is -2.21. The number of hydrogen-bond donors (Lipinski definition) is 5. The van der Waals surface area contributed by atoms with Gasteiger partial charge < -0.3 is 25.5 Å². The number of nitrogens with zero attached hydrogens (tertiary/aromatic N) is 1. The van der Waals surface area contributed by atoms with Crippen LogP contribution in [0.2, 0.25) is 0 Å². The highest BCUT2D eigenvalue weighted by molar-refractivity contribution is 4.67. The van der Waals surface area contributed by atoms with Crippen LogP contribution in [0.5, 0.6) is 0 Å². The summed E-state index contributed by atoms with van der Waals surface area (Å²) in [6.45, 7) is 0. The van der Waals surface area contributed by atoms with Crippen molar-refractivity contribution < 1.29 is 25.5 Å². The van der Waals surface area contributed by atoms with Crippen molar-refractivity contribution in [1.82, 2.24) is 0 Å². The summed E-state index contributed by atoms with van der Waals surface area (Å²) in [6.07, 6.45) is 0. The Morgan fingerprint density at radius 1 is 1.00 bits per heavy atom. The quantitative estimate of drug-likeness (QED) is 0.205. The van der Waals surface area contributed by atoms with Crippen LogP contribution in [0.1, 0.15) is 0 Å². The molecule has 7 nitrogen and oxygen atoms in total. The van der Waals surface area contributed by atoms with Gasteiger partial charge in [0.05, 0.1) is 0 Å². The topological polar surface area (TPSA) is 131 Å². The van der Waals surface area contributed by atoms with Gasteiger partial charge in [-0.2, -0.15) is 0 Å². The summed E-state index contributed by atoms with van der Waals surface area (Å²) in [5.41, 5.74) is 0. The van der Waals surface area contributed by atoms with Gasteiger partial charge in [0.1, 0.15) is 0 Å². The lowest BCUT2D eigenvalue weighted by Crippen LogP contribution is -2.52. The minimum absolute atomic E-state index is 1.40. The van der Waals surface area contributed by atoms with E-state index in [0.717, 1.165) is 0 Å².